The van der Waals surface area contributed by atoms with Crippen molar-refractivity contribution in [3.63, 3.8) is 0 Å². The number of halogens is 4. The number of hydrogen-bond acceptors (Lipinski definition) is 3. The van der Waals surface area contributed by atoms with Gasteiger partial charge in [-0.15, -0.1) is 12.4 Å². The molecule has 27 heavy (non-hydrogen) atoms. The quantitative estimate of drug-likeness (QED) is 0.841. The van der Waals surface area contributed by atoms with Gasteiger partial charge in [0.1, 0.15) is 0 Å². The first kappa shape index (κ1) is 19.7. The van der Waals surface area contributed by atoms with E-state index in [0.717, 1.165) is 43.1 Å². The Morgan fingerprint density at radius 1 is 1.15 bits per heavy atom. The Bertz CT molecular complexity index is 809. The van der Waals surface area contributed by atoms with E-state index in [9.17, 15) is 18.0 Å². The van der Waals surface area contributed by atoms with Gasteiger partial charge in [-0.1, -0.05) is 6.07 Å². The van der Waals surface area contributed by atoms with E-state index in [-0.39, 0.29) is 30.4 Å². The molecule has 0 spiro atoms. The minimum Gasteiger partial charge on any atom is -0.331 e. The third kappa shape index (κ3) is 3.82. The van der Waals surface area contributed by atoms with Crippen molar-refractivity contribution in [1.29, 1.82) is 0 Å². The molecule has 4 rings (SSSR count). The molecule has 5 nitrogen and oxygen atoms in total. The molecule has 1 aromatic heterocycles. The second kappa shape index (κ2) is 7.52. The Morgan fingerprint density at radius 2 is 1.93 bits per heavy atom. The summed E-state index contributed by atoms with van der Waals surface area (Å²) in [6.07, 6.45) is -0.317. The molecular weight excluding hydrogens is 381 g/mol. The van der Waals surface area contributed by atoms with E-state index in [1.54, 1.807) is 24.3 Å². The maximum absolute atomic E-state index is 13.0. The van der Waals surface area contributed by atoms with Crippen LogP contribution in [0, 0.1) is 0 Å². The van der Waals surface area contributed by atoms with Gasteiger partial charge in [-0.2, -0.15) is 18.3 Å². The van der Waals surface area contributed by atoms with Crippen LogP contribution in [0.3, 0.4) is 0 Å². The third-order valence-electron chi connectivity index (χ3n) is 5.13. The molecule has 1 amide bonds. The number of aromatic nitrogens is 2. The highest BCUT2D eigenvalue weighted by atomic mass is 35.5. The lowest BCUT2D eigenvalue weighted by Gasteiger charge is -2.28. The van der Waals surface area contributed by atoms with Crippen molar-refractivity contribution in [2.24, 2.45) is 0 Å². The zero-order chi connectivity index (χ0) is 18.3. The standard InChI is InChI=1S/C18H19F3N4O.ClH/c19-18(20,21)16-7-9-24(23-16)14-3-1-2-12(10-14)17(26)25-13-4-5-15(25)11-22-8-6-13;/h1-3,7,9-10,13,15,22H,4-6,8,11H2;1H. The first-order chi connectivity index (χ1) is 12.4. The summed E-state index contributed by atoms with van der Waals surface area (Å²) in [4.78, 5) is 15.0. The van der Waals surface area contributed by atoms with Gasteiger partial charge >= 0.3 is 6.18 Å². The van der Waals surface area contributed by atoms with Crippen molar-refractivity contribution in [3.05, 3.63) is 47.8 Å². The van der Waals surface area contributed by atoms with Gasteiger partial charge in [0.15, 0.2) is 5.69 Å². The number of carbonyl (C=O) groups excluding carboxylic acids is 1. The van der Waals surface area contributed by atoms with Gasteiger partial charge in [-0.3, -0.25) is 4.79 Å². The molecule has 9 heteroatoms. The maximum atomic E-state index is 13.0. The van der Waals surface area contributed by atoms with Gasteiger partial charge in [0.2, 0.25) is 0 Å². The van der Waals surface area contributed by atoms with Crippen molar-refractivity contribution in [2.45, 2.75) is 37.5 Å². The van der Waals surface area contributed by atoms with Crippen LogP contribution in [0.1, 0.15) is 35.3 Å². The van der Waals surface area contributed by atoms with Gasteiger partial charge in [0.05, 0.1) is 5.69 Å². The van der Waals surface area contributed by atoms with Crippen molar-refractivity contribution in [3.8, 4) is 5.69 Å². The highest BCUT2D eigenvalue weighted by molar-refractivity contribution is 5.95. The molecule has 0 aliphatic carbocycles. The minimum atomic E-state index is -4.49. The summed E-state index contributed by atoms with van der Waals surface area (Å²) in [6, 6.07) is 7.96. The maximum Gasteiger partial charge on any atom is 0.435 e. The molecule has 2 aliphatic heterocycles. The number of fused-ring (bicyclic) bond motifs is 2. The number of alkyl halides is 3. The zero-order valence-electron chi connectivity index (χ0n) is 14.4. The lowest BCUT2D eigenvalue weighted by Crippen LogP contribution is -2.42. The SMILES string of the molecule is Cl.O=C(c1cccc(-n2ccc(C(F)(F)F)n2)c1)N1C2CCNCC1CC2. The zero-order valence-corrected chi connectivity index (χ0v) is 15.3. The largest absolute Gasteiger partial charge is 0.435 e. The minimum absolute atomic E-state index is 0. The number of amides is 1. The van der Waals surface area contributed by atoms with Crippen LogP contribution in [-0.4, -0.2) is 45.8 Å². The second-order valence-electron chi connectivity index (χ2n) is 6.78. The molecule has 3 heterocycles. The van der Waals surface area contributed by atoms with Crippen molar-refractivity contribution < 1.29 is 18.0 Å². The monoisotopic (exact) mass is 400 g/mol. The Balaban J connectivity index is 0.00000210. The van der Waals surface area contributed by atoms with Gasteiger partial charge in [0.25, 0.3) is 5.91 Å². The predicted octanol–water partition coefficient (Wildman–Crippen LogP) is 3.28. The molecular formula is C18H20ClF3N4O. The van der Waals surface area contributed by atoms with E-state index >= 15 is 0 Å². The smallest absolute Gasteiger partial charge is 0.331 e. The lowest BCUT2D eigenvalue weighted by atomic mass is 10.1. The summed E-state index contributed by atoms with van der Waals surface area (Å²) in [5, 5.41) is 6.93. The van der Waals surface area contributed by atoms with Gasteiger partial charge in [0, 0.05) is 30.4 Å². The molecule has 2 aromatic rings. The normalized spacial score (nSPS) is 22.3. The first-order valence-corrected chi connectivity index (χ1v) is 8.70. The van der Waals surface area contributed by atoms with Crippen molar-refractivity contribution >= 4 is 18.3 Å². The summed E-state index contributed by atoms with van der Waals surface area (Å²) >= 11 is 0. The summed E-state index contributed by atoms with van der Waals surface area (Å²) < 4.78 is 39.4. The van der Waals surface area contributed by atoms with Crippen LogP contribution in [0.25, 0.3) is 5.69 Å². The Labute approximate surface area is 160 Å². The number of carbonyl (C=O) groups is 1. The molecule has 1 N–H and O–H groups in total. The number of hydrogen-bond donors (Lipinski definition) is 1. The summed E-state index contributed by atoms with van der Waals surface area (Å²) in [6.45, 7) is 1.69. The van der Waals surface area contributed by atoms with E-state index in [1.807, 2.05) is 4.90 Å². The van der Waals surface area contributed by atoms with Gasteiger partial charge < -0.3 is 10.2 Å². The molecule has 2 atom stereocenters. The van der Waals surface area contributed by atoms with Gasteiger partial charge in [-0.25, -0.2) is 4.68 Å². The van der Waals surface area contributed by atoms with Crippen LogP contribution in [0.4, 0.5) is 13.2 Å². The fourth-order valence-corrected chi connectivity index (χ4v) is 3.86. The second-order valence-corrected chi connectivity index (χ2v) is 6.78. The Kier molecular flexibility index (Phi) is 5.48. The summed E-state index contributed by atoms with van der Waals surface area (Å²) in [5.41, 5.74) is -0.0390. The predicted molar refractivity (Wildman–Crippen MR) is 96.3 cm³/mol. The highest BCUT2D eigenvalue weighted by Crippen LogP contribution is 2.30. The number of nitrogens with zero attached hydrogens (tertiary/aromatic N) is 3. The average molecular weight is 401 g/mol. The van der Waals surface area contributed by atoms with Crippen molar-refractivity contribution in [2.75, 3.05) is 13.1 Å². The van der Waals surface area contributed by atoms with E-state index in [1.165, 1.54) is 6.20 Å². The fourth-order valence-electron chi connectivity index (χ4n) is 3.86. The van der Waals surface area contributed by atoms with Crippen LogP contribution < -0.4 is 5.32 Å². The molecule has 2 bridgehead atoms. The van der Waals surface area contributed by atoms with Crippen LogP contribution in [0.15, 0.2) is 36.5 Å². The molecule has 2 unspecified atom stereocenters. The molecule has 2 saturated heterocycles. The van der Waals surface area contributed by atoms with Crippen LogP contribution in [0.5, 0.6) is 0 Å². The van der Waals surface area contributed by atoms with E-state index in [2.05, 4.69) is 10.4 Å². The number of nitrogens with one attached hydrogen (secondary N) is 1. The molecule has 1 aromatic carbocycles. The van der Waals surface area contributed by atoms with E-state index in [4.69, 9.17) is 0 Å². The molecule has 146 valence electrons. The molecule has 0 saturated carbocycles. The van der Waals surface area contributed by atoms with Crippen molar-refractivity contribution in [1.82, 2.24) is 20.0 Å². The molecule has 0 radical (unpaired) electrons. The average Bonchev–Trinajstić information content (AvgIpc) is 3.18. The van der Waals surface area contributed by atoms with E-state index in [0.29, 0.717) is 11.3 Å². The molecule has 2 aliphatic rings. The fraction of sp³-hybridized carbons (Fsp3) is 0.444. The number of benzene rings is 1. The van der Waals surface area contributed by atoms with Crippen LogP contribution in [0.2, 0.25) is 0 Å². The van der Waals surface area contributed by atoms with Crippen LogP contribution >= 0.6 is 12.4 Å². The Hall–Kier alpha value is -2.06. The topological polar surface area (TPSA) is 50.2 Å². The number of rotatable bonds is 2. The Morgan fingerprint density at radius 3 is 2.67 bits per heavy atom. The van der Waals surface area contributed by atoms with Crippen LogP contribution in [-0.2, 0) is 6.18 Å². The summed E-state index contributed by atoms with van der Waals surface area (Å²) in [5.74, 6) is -0.0637. The van der Waals surface area contributed by atoms with E-state index < -0.39 is 11.9 Å². The summed E-state index contributed by atoms with van der Waals surface area (Å²) in [7, 11) is 0. The van der Waals surface area contributed by atoms with Gasteiger partial charge in [-0.05, 0) is 50.1 Å². The first-order valence-electron chi connectivity index (χ1n) is 8.70. The highest BCUT2D eigenvalue weighted by Gasteiger charge is 2.38. The third-order valence-corrected chi connectivity index (χ3v) is 5.13. The lowest BCUT2D eigenvalue weighted by molar-refractivity contribution is -0.141. The molecule has 2 fully saturated rings.